The Morgan fingerprint density at radius 1 is 1.15 bits per heavy atom. The van der Waals surface area contributed by atoms with Gasteiger partial charge in [0.25, 0.3) is 0 Å². The first-order valence-electron chi connectivity index (χ1n) is 5.24. The number of rotatable bonds is 0. The Balaban J connectivity index is 2.16. The Hall–Kier alpha value is -0.0800. The van der Waals surface area contributed by atoms with Crippen LogP contribution < -0.4 is 0 Å². The van der Waals surface area contributed by atoms with Crippen LogP contribution in [0.4, 0.5) is 0 Å². The summed E-state index contributed by atoms with van der Waals surface area (Å²) in [6.45, 7) is 10.6. The van der Waals surface area contributed by atoms with Gasteiger partial charge in [0.05, 0.1) is 5.60 Å². The molecule has 1 heterocycles. The van der Waals surface area contributed by atoms with Crippen LogP contribution in [0.1, 0.15) is 40.5 Å². The lowest BCUT2D eigenvalue weighted by molar-refractivity contribution is 0.0148. The normalized spacial score (nSPS) is 38.5. The molecule has 0 unspecified atom stereocenters. The Bertz CT molecular complexity index is 217. The Morgan fingerprint density at radius 3 is 1.92 bits per heavy atom. The smallest absolute Gasteiger partial charge is 0.0814 e. The van der Waals surface area contributed by atoms with Crippen LogP contribution in [0.25, 0.3) is 0 Å². The van der Waals surface area contributed by atoms with E-state index in [9.17, 15) is 5.11 Å². The lowest BCUT2D eigenvalue weighted by Crippen LogP contribution is -2.42. The summed E-state index contributed by atoms with van der Waals surface area (Å²) in [5.74, 6) is 0. The summed E-state index contributed by atoms with van der Waals surface area (Å²) in [6.07, 6.45) is 2.43. The van der Waals surface area contributed by atoms with Gasteiger partial charge in [-0.2, -0.15) is 0 Å². The third-order valence-electron chi connectivity index (χ3n) is 3.94. The second-order valence-corrected chi connectivity index (χ2v) is 6.08. The largest absolute Gasteiger partial charge is 0.388 e. The number of β-amino-alcohol motifs (C(OH)–C–C–N with tert-alkyl or cyclic N) is 1. The summed E-state index contributed by atoms with van der Waals surface area (Å²) in [5, 5.41) is 10.3. The maximum atomic E-state index is 10.3. The zero-order valence-corrected chi connectivity index (χ0v) is 9.22. The van der Waals surface area contributed by atoms with Crippen molar-refractivity contribution >= 4 is 0 Å². The molecule has 2 heteroatoms. The molecule has 0 aromatic heterocycles. The maximum absolute atomic E-state index is 10.3. The molecule has 0 amide bonds. The molecule has 1 saturated carbocycles. The molecule has 2 fully saturated rings. The predicted molar refractivity (Wildman–Crippen MR) is 53.6 cm³/mol. The van der Waals surface area contributed by atoms with Crippen molar-refractivity contribution in [2.75, 3.05) is 13.1 Å². The Kier molecular flexibility index (Phi) is 1.67. The first kappa shape index (κ1) is 9.47. The summed E-state index contributed by atoms with van der Waals surface area (Å²) in [5.41, 5.74) is 0.0106. The molecule has 13 heavy (non-hydrogen) atoms. The highest BCUT2D eigenvalue weighted by molar-refractivity contribution is 5.15. The minimum Gasteiger partial charge on any atom is -0.388 e. The number of nitrogens with zero attached hydrogens (tertiary/aromatic N) is 1. The van der Waals surface area contributed by atoms with E-state index in [1.54, 1.807) is 0 Å². The van der Waals surface area contributed by atoms with Crippen LogP contribution in [0.2, 0.25) is 0 Å². The molecule has 2 aliphatic rings. The first-order valence-corrected chi connectivity index (χ1v) is 5.24. The SMILES string of the molecule is CC(C)(C)N1CC2(CC2)[C@@](C)(O)C1. The van der Waals surface area contributed by atoms with Crippen molar-refractivity contribution in [1.82, 2.24) is 4.90 Å². The number of likely N-dealkylation sites (tertiary alicyclic amines) is 1. The molecule has 0 bridgehead atoms. The highest BCUT2D eigenvalue weighted by Crippen LogP contribution is 2.59. The number of hydrogen-bond donors (Lipinski definition) is 1. The van der Waals surface area contributed by atoms with E-state index in [-0.39, 0.29) is 11.0 Å². The zero-order chi connectivity index (χ0) is 9.91. The molecule has 0 aromatic carbocycles. The summed E-state index contributed by atoms with van der Waals surface area (Å²) < 4.78 is 0. The maximum Gasteiger partial charge on any atom is 0.0814 e. The van der Waals surface area contributed by atoms with Crippen molar-refractivity contribution in [1.29, 1.82) is 0 Å². The van der Waals surface area contributed by atoms with Crippen molar-refractivity contribution in [3.05, 3.63) is 0 Å². The minimum atomic E-state index is -0.444. The van der Waals surface area contributed by atoms with Gasteiger partial charge >= 0.3 is 0 Å². The first-order chi connectivity index (χ1) is 5.77. The molecular weight excluding hydrogens is 162 g/mol. The molecule has 2 rings (SSSR count). The van der Waals surface area contributed by atoms with E-state index >= 15 is 0 Å². The molecule has 76 valence electrons. The third-order valence-corrected chi connectivity index (χ3v) is 3.94. The van der Waals surface area contributed by atoms with Crippen molar-refractivity contribution in [2.24, 2.45) is 5.41 Å². The van der Waals surface area contributed by atoms with Crippen molar-refractivity contribution < 1.29 is 5.11 Å². The molecule has 0 aromatic rings. The van der Waals surface area contributed by atoms with Gasteiger partial charge in [0.15, 0.2) is 0 Å². The van der Waals surface area contributed by atoms with Crippen LogP contribution in [0.15, 0.2) is 0 Å². The van der Waals surface area contributed by atoms with Gasteiger partial charge in [-0.1, -0.05) is 0 Å². The Labute approximate surface area is 80.9 Å². The van der Waals surface area contributed by atoms with Gasteiger partial charge in [-0.25, -0.2) is 0 Å². The second kappa shape index (κ2) is 2.29. The van der Waals surface area contributed by atoms with E-state index < -0.39 is 5.60 Å². The van der Waals surface area contributed by atoms with Crippen LogP contribution in [0.3, 0.4) is 0 Å². The lowest BCUT2D eigenvalue weighted by Gasteiger charge is -2.32. The van der Waals surface area contributed by atoms with Gasteiger partial charge in [0.2, 0.25) is 0 Å². The molecule has 1 aliphatic heterocycles. The van der Waals surface area contributed by atoms with Gasteiger partial charge in [0, 0.05) is 24.0 Å². The van der Waals surface area contributed by atoms with Crippen LogP contribution >= 0.6 is 0 Å². The molecule has 1 atom stereocenters. The molecular formula is C11H21NO. The Morgan fingerprint density at radius 2 is 1.69 bits per heavy atom. The molecule has 0 radical (unpaired) electrons. The quantitative estimate of drug-likeness (QED) is 0.617. The van der Waals surface area contributed by atoms with E-state index in [4.69, 9.17) is 0 Å². The topological polar surface area (TPSA) is 23.5 Å². The van der Waals surface area contributed by atoms with E-state index in [0.29, 0.717) is 0 Å². The summed E-state index contributed by atoms with van der Waals surface area (Å²) in [6, 6.07) is 0. The van der Waals surface area contributed by atoms with E-state index in [0.717, 1.165) is 13.1 Å². The summed E-state index contributed by atoms with van der Waals surface area (Å²) >= 11 is 0. The number of aliphatic hydroxyl groups is 1. The highest BCUT2D eigenvalue weighted by atomic mass is 16.3. The van der Waals surface area contributed by atoms with Crippen LogP contribution in [0.5, 0.6) is 0 Å². The van der Waals surface area contributed by atoms with Crippen molar-refractivity contribution in [3.8, 4) is 0 Å². The molecule has 1 aliphatic carbocycles. The lowest BCUT2D eigenvalue weighted by atomic mass is 9.90. The molecule has 2 nitrogen and oxygen atoms in total. The van der Waals surface area contributed by atoms with Crippen LogP contribution in [-0.2, 0) is 0 Å². The van der Waals surface area contributed by atoms with E-state index in [2.05, 4.69) is 25.7 Å². The monoisotopic (exact) mass is 183 g/mol. The van der Waals surface area contributed by atoms with Gasteiger partial charge in [-0.3, -0.25) is 4.90 Å². The minimum absolute atomic E-state index is 0.204. The van der Waals surface area contributed by atoms with Gasteiger partial charge in [-0.15, -0.1) is 0 Å². The van der Waals surface area contributed by atoms with Gasteiger partial charge < -0.3 is 5.11 Å². The van der Waals surface area contributed by atoms with Crippen molar-refractivity contribution in [3.63, 3.8) is 0 Å². The average Bonchev–Trinajstić information content (AvgIpc) is 2.59. The third kappa shape index (κ3) is 1.31. The molecule has 1 N–H and O–H groups in total. The second-order valence-electron chi connectivity index (χ2n) is 6.08. The average molecular weight is 183 g/mol. The van der Waals surface area contributed by atoms with Gasteiger partial charge in [-0.05, 0) is 40.5 Å². The standard InChI is InChI=1S/C11H21NO/c1-9(2,3)12-7-10(4,13)11(8-12)5-6-11/h13H,5-8H2,1-4H3/t10-/m0/s1. The fourth-order valence-electron chi connectivity index (χ4n) is 2.45. The zero-order valence-electron chi connectivity index (χ0n) is 9.22. The summed E-state index contributed by atoms with van der Waals surface area (Å²) in [7, 11) is 0. The molecule has 1 saturated heterocycles. The molecule has 1 spiro atoms. The fourth-order valence-corrected chi connectivity index (χ4v) is 2.45. The number of hydrogen-bond acceptors (Lipinski definition) is 2. The summed E-state index contributed by atoms with van der Waals surface area (Å²) in [4.78, 5) is 2.42. The van der Waals surface area contributed by atoms with Crippen LogP contribution in [0, 0.1) is 5.41 Å². The van der Waals surface area contributed by atoms with Crippen LogP contribution in [-0.4, -0.2) is 34.2 Å². The fraction of sp³-hybridized carbons (Fsp3) is 1.00. The van der Waals surface area contributed by atoms with Crippen molar-refractivity contribution in [2.45, 2.75) is 51.7 Å². The highest BCUT2D eigenvalue weighted by Gasteiger charge is 2.62. The van der Waals surface area contributed by atoms with E-state index in [1.807, 2.05) is 6.92 Å². The predicted octanol–water partition coefficient (Wildman–Crippen LogP) is 1.63. The van der Waals surface area contributed by atoms with Gasteiger partial charge in [0.1, 0.15) is 0 Å². The van der Waals surface area contributed by atoms with E-state index in [1.165, 1.54) is 12.8 Å².